The highest BCUT2D eigenvalue weighted by Gasteiger charge is 2.63. The molecule has 13 heavy (non-hydrogen) atoms. The number of halogens is 2. The maximum atomic E-state index is 13.0. The summed E-state index contributed by atoms with van der Waals surface area (Å²) < 4.78 is 30.5. The second-order valence-corrected chi connectivity index (χ2v) is 4.17. The quantitative estimate of drug-likeness (QED) is 0.587. The van der Waals surface area contributed by atoms with Crippen LogP contribution in [0.25, 0.3) is 0 Å². The predicted molar refractivity (Wildman–Crippen MR) is 40.4 cm³/mol. The van der Waals surface area contributed by atoms with Crippen molar-refractivity contribution >= 4 is 5.97 Å². The molecule has 1 aliphatic heterocycles. The number of hydrogen-bond donors (Lipinski definition) is 1. The van der Waals surface area contributed by atoms with E-state index in [-0.39, 0.29) is 6.42 Å². The van der Waals surface area contributed by atoms with Crippen molar-refractivity contribution in [1.29, 1.82) is 0 Å². The largest absolute Gasteiger partial charge is 0.455 e. The topological polar surface area (TPSA) is 46.5 Å². The van der Waals surface area contributed by atoms with Crippen molar-refractivity contribution in [3.05, 3.63) is 0 Å². The van der Waals surface area contributed by atoms with Gasteiger partial charge in [0.1, 0.15) is 11.2 Å². The molecule has 0 saturated carbocycles. The molecule has 0 spiro atoms. The van der Waals surface area contributed by atoms with Crippen LogP contribution in [-0.4, -0.2) is 28.2 Å². The summed E-state index contributed by atoms with van der Waals surface area (Å²) in [6, 6.07) is 0. The molecule has 1 aliphatic rings. The molecule has 0 aliphatic carbocycles. The standard InChI is InChI=1S/C8H12F2O3/c1-6(2)4-7(3,12)8(9,10)5(11)13-6/h12H,4H2,1-3H3/t7-/m0/s1. The number of ether oxygens (including phenoxy) is 1. The van der Waals surface area contributed by atoms with Crippen LogP contribution >= 0.6 is 0 Å². The monoisotopic (exact) mass is 194 g/mol. The lowest BCUT2D eigenvalue weighted by Gasteiger charge is -2.42. The average Bonchev–Trinajstić information content (AvgIpc) is 1.80. The number of alkyl halides is 2. The minimum atomic E-state index is -3.82. The Balaban J connectivity index is 3.03. The van der Waals surface area contributed by atoms with Gasteiger partial charge in [-0.1, -0.05) is 0 Å². The molecular weight excluding hydrogens is 182 g/mol. The van der Waals surface area contributed by atoms with E-state index in [9.17, 15) is 18.7 Å². The van der Waals surface area contributed by atoms with Crippen LogP contribution in [0, 0.1) is 0 Å². The first-order valence-corrected chi connectivity index (χ1v) is 3.92. The first-order chi connectivity index (χ1) is 5.58. The molecule has 0 amide bonds. The zero-order chi connectivity index (χ0) is 10.5. The van der Waals surface area contributed by atoms with Gasteiger partial charge in [-0.05, 0) is 20.8 Å². The Morgan fingerprint density at radius 2 is 1.85 bits per heavy atom. The summed E-state index contributed by atoms with van der Waals surface area (Å²) >= 11 is 0. The average molecular weight is 194 g/mol. The van der Waals surface area contributed by atoms with E-state index in [1.807, 2.05) is 0 Å². The first-order valence-electron chi connectivity index (χ1n) is 3.92. The van der Waals surface area contributed by atoms with Crippen LogP contribution in [-0.2, 0) is 9.53 Å². The van der Waals surface area contributed by atoms with Crippen LogP contribution < -0.4 is 0 Å². The first kappa shape index (κ1) is 10.4. The van der Waals surface area contributed by atoms with Gasteiger partial charge in [0.25, 0.3) is 0 Å². The van der Waals surface area contributed by atoms with E-state index in [0.29, 0.717) is 0 Å². The van der Waals surface area contributed by atoms with Gasteiger partial charge in [0.05, 0.1) is 0 Å². The fraction of sp³-hybridized carbons (Fsp3) is 0.875. The fourth-order valence-corrected chi connectivity index (χ4v) is 1.51. The summed E-state index contributed by atoms with van der Waals surface area (Å²) in [4.78, 5) is 10.8. The summed E-state index contributed by atoms with van der Waals surface area (Å²) in [6.45, 7) is 3.90. The molecule has 0 aromatic rings. The number of esters is 1. The summed E-state index contributed by atoms with van der Waals surface area (Å²) in [6.07, 6.45) is -0.279. The molecule has 76 valence electrons. The van der Waals surface area contributed by atoms with Crippen molar-refractivity contribution in [3.8, 4) is 0 Å². The summed E-state index contributed by atoms with van der Waals surface area (Å²) in [7, 11) is 0. The maximum Gasteiger partial charge on any atom is 0.380 e. The molecule has 1 N–H and O–H groups in total. The fourth-order valence-electron chi connectivity index (χ4n) is 1.51. The molecule has 0 aromatic heterocycles. The molecule has 0 bridgehead atoms. The zero-order valence-corrected chi connectivity index (χ0v) is 7.73. The van der Waals surface area contributed by atoms with Gasteiger partial charge in [-0.25, -0.2) is 4.79 Å². The lowest BCUT2D eigenvalue weighted by Crippen LogP contribution is -2.61. The van der Waals surface area contributed by atoms with Crippen molar-refractivity contribution in [2.24, 2.45) is 0 Å². The van der Waals surface area contributed by atoms with Crippen molar-refractivity contribution in [2.45, 2.75) is 44.3 Å². The van der Waals surface area contributed by atoms with E-state index in [0.717, 1.165) is 6.92 Å². The second-order valence-electron chi connectivity index (χ2n) is 4.17. The number of hydrogen-bond acceptors (Lipinski definition) is 3. The van der Waals surface area contributed by atoms with E-state index >= 15 is 0 Å². The van der Waals surface area contributed by atoms with Crippen LogP contribution in [0.2, 0.25) is 0 Å². The molecule has 5 heteroatoms. The third kappa shape index (κ3) is 1.52. The van der Waals surface area contributed by atoms with E-state index in [1.54, 1.807) is 0 Å². The maximum absolute atomic E-state index is 13.0. The lowest BCUT2D eigenvalue weighted by atomic mass is 9.83. The van der Waals surface area contributed by atoms with E-state index in [2.05, 4.69) is 4.74 Å². The molecule has 1 rings (SSSR count). The van der Waals surface area contributed by atoms with Gasteiger partial charge >= 0.3 is 11.9 Å². The van der Waals surface area contributed by atoms with Gasteiger partial charge in [-0.2, -0.15) is 8.78 Å². The van der Waals surface area contributed by atoms with Crippen molar-refractivity contribution in [1.82, 2.24) is 0 Å². The minimum absolute atomic E-state index is 0.279. The molecule has 0 radical (unpaired) electrons. The highest BCUT2D eigenvalue weighted by molar-refractivity contribution is 5.80. The van der Waals surface area contributed by atoms with Crippen molar-refractivity contribution in [2.75, 3.05) is 0 Å². The summed E-state index contributed by atoms with van der Waals surface area (Å²) in [5, 5.41) is 9.36. The van der Waals surface area contributed by atoms with Gasteiger partial charge in [0.2, 0.25) is 0 Å². The molecule has 1 heterocycles. The van der Waals surface area contributed by atoms with Gasteiger partial charge < -0.3 is 9.84 Å². The molecule has 0 unspecified atom stereocenters. The zero-order valence-electron chi connectivity index (χ0n) is 7.73. The number of rotatable bonds is 0. The molecule has 1 saturated heterocycles. The Hall–Kier alpha value is -0.710. The van der Waals surface area contributed by atoms with Gasteiger partial charge in [0, 0.05) is 6.42 Å². The van der Waals surface area contributed by atoms with Crippen LogP contribution in [0.3, 0.4) is 0 Å². The summed E-state index contributed by atoms with van der Waals surface area (Å²) in [5.74, 6) is -5.48. The normalized spacial score (nSPS) is 36.9. The second kappa shape index (κ2) is 2.41. The molecule has 1 fully saturated rings. The van der Waals surface area contributed by atoms with Crippen molar-refractivity contribution in [3.63, 3.8) is 0 Å². The Labute approximate surface area is 74.7 Å². The molecule has 0 aromatic carbocycles. The van der Waals surface area contributed by atoms with E-state index in [4.69, 9.17) is 0 Å². The Bertz CT molecular complexity index is 246. The SMILES string of the molecule is CC1(C)C[C@](C)(O)C(F)(F)C(=O)O1. The van der Waals surface area contributed by atoms with Crippen molar-refractivity contribution < 1.29 is 23.4 Å². The van der Waals surface area contributed by atoms with E-state index in [1.165, 1.54) is 13.8 Å². The van der Waals surface area contributed by atoms with Crippen LogP contribution in [0.15, 0.2) is 0 Å². The summed E-state index contributed by atoms with van der Waals surface area (Å²) in [5.41, 5.74) is -3.37. The van der Waals surface area contributed by atoms with Gasteiger partial charge in [-0.15, -0.1) is 0 Å². The Morgan fingerprint density at radius 1 is 1.38 bits per heavy atom. The molecule has 1 atom stereocenters. The lowest BCUT2D eigenvalue weighted by molar-refractivity contribution is -0.254. The van der Waals surface area contributed by atoms with Gasteiger partial charge in [0.15, 0.2) is 0 Å². The number of aliphatic hydroxyl groups is 1. The smallest absolute Gasteiger partial charge is 0.380 e. The number of cyclic esters (lactones) is 1. The number of carbonyl (C=O) groups is 1. The Morgan fingerprint density at radius 3 is 2.23 bits per heavy atom. The third-order valence-electron chi connectivity index (χ3n) is 2.07. The van der Waals surface area contributed by atoms with E-state index < -0.39 is 23.1 Å². The van der Waals surface area contributed by atoms with Gasteiger partial charge in [-0.3, -0.25) is 0 Å². The molecule has 3 nitrogen and oxygen atoms in total. The van der Waals surface area contributed by atoms with Crippen LogP contribution in [0.5, 0.6) is 0 Å². The molecular formula is C8H12F2O3. The highest BCUT2D eigenvalue weighted by atomic mass is 19.3. The Kier molecular flexibility index (Phi) is 1.92. The van der Waals surface area contributed by atoms with Crippen LogP contribution in [0.4, 0.5) is 8.78 Å². The minimum Gasteiger partial charge on any atom is -0.455 e. The third-order valence-corrected chi connectivity index (χ3v) is 2.07. The predicted octanol–water partition coefficient (Wildman–Crippen LogP) is 1.10. The van der Waals surface area contributed by atoms with Crippen LogP contribution in [0.1, 0.15) is 27.2 Å². The highest BCUT2D eigenvalue weighted by Crippen LogP contribution is 2.42. The number of carbonyl (C=O) groups excluding carboxylic acids is 1.